The van der Waals surface area contributed by atoms with Gasteiger partial charge in [-0.1, -0.05) is 30.3 Å². The monoisotopic (exact) mass is 370 g/mol. The summed E-state index contributed by atoms with van der Waals surface area (Å²) >= 11 is 0. The van der Waals surface area contributed by atoms with Crippen molar-refractivity contribution < 1.29 is 29.1 Å². The first-order valence-corrected chi connectivity index (χ1v) is 7.85. The lowest BCUT2D eigenvalue weighted by molar-refractivity contribution is -0.148. The van der Waals surface area contributed by atoms with Crippen LogP contribution in [0.1, 0.15) is 15.9 Å². The predicted octanol–water partition coefficient (Wildman–Crippen LogP) is 1.60. The van der Waals surface area contributed by atoms with Crippen molar-refractivity contribution in [2.24, 2.45) is 0 Å². The molecule has 0 atom stereocenters. The second-order valence-corrected chi connectivity index (χ2v) is 5.26. The zero-order valence-corrected chi connectivity index (χ0v) is 14.5. The zero-order valence-electron chi connectivity index (χ0n) is 14.5. The lowest BCUT2D eigenvalue weighted by Crippen LogP contribution is -2.35. The molecular formula is C19H18N2O6. The third kappa shape index (κ3) is 6.29. The van der Waals surface area contributed by atoms with Crippen molar-refractivity contribution in [2.45, 2.75) is 0 Å². The molecule has 0 aliphatic heterocycles. The largest absolute Gasteiger partial charge is 0.497 e. The van der Waals surface area contributed by atoms with Gasteiger partial charge in [0.2, 0.25) is 0 Å². The van der Waals surface area contributed by atoms with Crippen LogP contribution >= 0.6 is 0 Å². The Balaban J connectivity index is 2.21. The maximum atomic E-state index is 12.3. The summed E-state index contributed by atoms with van der Waals surface area (Å²) in [5.41, 5.74) is 2.85. The zero-order chi connectivity index (χ0) is 19.6. The Labute approximate surface area is 155 Å². The number of hydroxylamine groups is 1. The summed E-state index contributed by atoms with van der Waals surface area (Å²) in [6.45, 7) is -0.714. The Morgan fingerprint density at radius 1 is 1.04 bits per heavy atom. The summed E-state index contributed by atoms with van der Waals surface area (Å²) < 4.78 is 5.07. The number of amides is 2. The Morgan fingerprint density at radius 3 is 2.30 bits per heavy atom. The fourth-order valence-electron chi connectivity index (χ4n) is 2.03. The molecular weight excluding hydrogens is 352 g/mol. The van der Waals surface area contributed by atoms with Crippen LogP contribution in [0.5, 0.6) is 5.75 Å². The minimum Gasteiger partial charge on any atom is -0.497 e. The van der Waals surface area contributed by atoms with Gasteiger partial charge in [0.25, 0.3) is 11.8 Å². The van der Waals surface area contributed by atoms with E-state index in [1.165, 1.54) is 13.2 Å². The quantitative estimate of drug-likeness (QED) is 0.480. The highest BCUT2D eigenvalue weighted by atomic mass is 16.7. The number of nitrogens with one attached hydrogen (secondary N) is 2. The molecule has 0 unspecified atom stereocenters. The number of carbonyl (C=O) groups is 3. The summed E-state index contributed by atoms with van der Waals surface area (Å²) in [6.07, 6.45) is 1.43. The van der Waals surface area contributed by atoms with Crippen molar-refractivity contribution in [3.63, 3.8) is 0 Å². The van der Waals surface area contributed by atoms with Gasteiger partial charge < -0.3 is 15.2 Å². The minimum absolute atomic E-state index is 0.112. The number of carboxylic acids is 1. The second kappa shape index (κ2) is 9.73. The van der Waals surface area contributed by atoms with Crippen molar-refractivity contribution in [1.29, 1.82) is 0 Å². The average molecular weight is 370 g/mol. The van der Waals surface area contributed by atoms with Crippen molar-refractivity contribution in [3.8, 4) is 5.75 Å². The molecule has 0 heterocycles. The first kappa shape index (κ1) is 19.7. The molecule has 3 N–H and O–H groups in total. The fraction of sp³-hybridized carbons (Fsp3) is 0.105. The van der Waals surface area contributed by atoms with Crippen molar-refractivity contribution >= 4 is 23.9 Å². The van der Waals surface area contributed by atoms with Crippen LogP contribution in [0.4, 0.5) is 0 Å². The van der Waals surface area contributed by atoms with E-state index in [2.05, 4.69) is 10.2 Å². The molecule has 27 heavy (non-hydrogen) atoms. The van der Waals surface area contributed by atoms with Crippen molar-refractivity contribution in [3.05, 3.63) is 71.4 Å². The lowest BCUT2D eigenvalue weighted by atomic mass is 10.1. The highest BCUT2D eigenvalue weighted by Crippen LogP contribution is 2.14. The van der Waals surface area contributed by atoms with Gasteiger partial charge in [-0.2, -0.15) is 0 Å². The maximum absolute atomic E-state index is 12.3. The number of hydrogen-bond donors (Lipinski definition) is 3. The molecule has 0 radical (unpaired) electrons. The number of methoxy groups -OCH3 is 1. The molecule has 0 saturated heterocycles. The van der Waals surface area contributed by atoms with Gasteiger partial charge in [0.05, 0.1) is 7.11 Å². The van der Waals surface area contributed by atoms with Crippen LogP contribution in [-0.4, -0.2) is 36.6 Å². The van der Waals surface area contributed by atoms with Crippen LogP contribution in [0.15, 0.2) is 60.3 Å². The van der Waals surface area contributed by atoms with E-state index in [0.717, 1.165) is 0 Å². The smallest absolute Gasteiger partial charge is 0.332 e. The molecule has 0 spiro atoms. The molecule has 2 aromatic rings. The van der Waals surface area contributed by atoms with E-state index in [0.29, 0.717) is 16.9 Å². The summed E-state index contributed by atoms with van der Waals surface area (Å²) in [7, 11) is 1.53. The maximum Gasteiger partial charge on any atom is 0.332 e. The number of carbonyl (C=O) groups excluding carboxylic acids is 2. The lowest BCUT2D eigenvalue weighted by Gasteiger charge is -2.11. The van der Waals surface area contributed by atoms with Crippen LogP contribution in [0.3, 0.4) is 0 Å². The molecule has 0 aliphatic rings. The molecule has 0 fully saturated rings. The number of ether oxygens (including phenoxy) is 1. The van der Waals surface area contributed by atoms with Crippen LogP contribution in [0.2, 0.25) is 0 Å². The predicted molar refractivity (Wildman–Crippen MR) is 96.6 cm³/mol. The van der Waals surface area contributed by atoms with Gasteiger partial charge in [-0.25, -0.2) is 10.3 Å². The highest BCUT2D eigenvalue weighted by Gasteiger charge is 2.15. The van der Waals surface area contributed by atoms with Crippen LogP contribution < -0.4 is 15.5 Å². The van der Waals surface area contributed by atoms with Gasteiger partial charge in [-0.15, -0.1) is 0 Å². The number of benzene rings is 2. The Morgan fingerprint density at radius 2 is 1.70 bits per heavy atom. The van der Waals surface area contributed by atoms with Gasteiger partial charge in [0.1, 0.15) is 11.4 Å². The molecule has 2 amide bonds. The molecule has 0 aliphatic carbocycles. The van der Waals surface area contributed by atoms with E-state index >= 15 is 0 Å². The van der Waals surface area contributed by atoms with E-state index in [9.17, 15) is 14.4 Å². The molecule has 2 aromatic carbocycles. The Kier molecular flexibility index (Phi) is 7.09. The van der Waals surface area contributed by atoms with Gasteiger partial charge in [-0.3, -0.25) is 14.4 Å². The first-order chi connectivity index (χ1) is 13.0. The minimum atomic E-state index is -1.25. The van der Waals surface area contributed by atoms with E-state index < -0.39 is 24.4 Å². The Hall–Kier alpha value is -3.65. The third-order valence-corrected chi connectivity index (χ3v) is 3.32. The molecule has 8 heteroatoms. The number of rotatable bonds is 8. The fourth-order valence-corrected chi connectivity index (χ4v) is 2.03. The van der Waals surface area contributed by atoms with Crippen LogP contribution in [-0.2, 0) is 14.4 Å². The molecule has 8 nitrogen and oxygen atoms in total. The number of carboxylic acid groups (broad SMARTS) is 1. The third-order valence-electron chi connectivity index (χ3n) is 3.32. The molecule has 0 bridgehead atoms. The van der Waals surface area contributed by atoms with Gasteiger partial charge in [0.15, 0.2) is 6.61 Å². The number of aliphatic carboxylic acids is 1. The number of hydrogen-bond acceptors (Lipinski definition) is 5. The van der Waals surface area contributed by atoms with Gasteiger partial charge in [0, 0.05) is 5.56 Å². The van der Waals surface area contributed by atoms with Crippen LogP contribution in [0.25, 0.3) is 6.08 Å². The molecule has 2 rings (SSSR count). The van der Waals surface area contributed by atoms with E-state index in [-0.39, 0.29) is 5.70 Å². The summed E-state index contributed by atoms with van der Waals surface area (Å²) in [5.74, 6) is -1.90. The summed E-state index contributed by atoms with van der Waals surface area (Å²) in [5, 5.41) is 11.1. The SMILES string of the molecule is COc1ccc(/C=C(\NC(=O)c2ccccc2)C(=O)NOCC(=O)O)cc1. The van der Waals surface area contributed by atoms with Crippen molar-refractivity contribution in [1.82, 2.24) is 10.8 Å². The summed E-state index contributed by atoms with van der Waals surface area (Å²) in [4.78, 5) is 39.7. The first-order valence-electron chi connectivity index (χ1n) is 7.85. The van der Waals surface area contributed by atoms with E-state index in [1.807, 2.05) is 5.48 Å². The van der Waals surface area contributed by atoms with E-state index in [1.54, 1.807) is 54.6 Å². The van der Waals surface area contributed by atoms with Gasteiger partial charge in [-0.05, 0) is 35.9 Å². The van der Waals surface area contributed by atoms with E-state index in [4.69, 9.17) is 9.84 Å². The van der Waals surface area contributed by atoms with Crippen molar-refractivity contribution in [2.75, 3.05) is 13.7 Å². The van der Waals surface area contributed by atoms with Gasteiger partial charge >= 0.3 is 5.97 Å². The molecule has 0 aromatic heterocycles. The second-order valence-electron chi connectivity index (χ2n) is 5.26. The van der Waals surface area contributed by atoms with Crippen LogP contribution in [0, 0.1) is 0 Å². The normalized spacial score (nSPS) is 10.8. The summed E-state index contributed by atoms with van der Waals surface area (Å²) in [6, 6.07) is 15.1. The standard InChI is InChI=1S/C19H18N2O6/c1-26-15-9-7-13(8-10-15)11-16(19(25)21-27-12-17(22)23)20-18(24)14-5-3-2-4-6-14/h2-11H,12H2,1H3,(H,20,24)(H,21,25)(H,22,23)/b16-11-. The average Bonchev–Trinajstić information content (AvgIpc) is 2.68. The molecule has 0 saturated carbocycles. The highest BCUT2D eigenvalue weighted by molar-refractivity contribution is 6.05. The Bertz CT molecular complexity index is 831. The topological polar surface area (TPSA) is 114 Å². The molecule has 140 valence electrons.